The predicted molar refractivity (Wildman–Crippen MR) is 81.6 cm³/mol. The van der Waals surface area contributed by atoms with Gasteiger partial charge in [0, 0.05) is 12.6 Å². The minimum atomic E-state index is -3.76. The van der Waals surface area contributed by atoms with Gasteiger partial charge in [0.15, 0.2) is 0 Å². The van der Waals surface area contributed by atoms with Gasteiger partial charge in [-0.15, -0.1) is 0 Å². The average Bonchev–Trinajstić information content (AvgIpc) is 2.43. The van der Waals surface area contributed by atoms with E-state index in [2.05, 4.69) is 4.72 Å². The van der Waals surface area contributed by atoms with Crippen molar-refractivity contribution in [3.05, 3.63) is 28.8 Å². The van der Waals surface area contributed by atoms with Crippen molar-refractivity contribution in [2.45, 2.75) is 38.1 Å². The summed E-state index contributed by atoms with van der Waals surface area (Å²) in [6.07, 6.45) is 0.608. The van der Waals surface area contributed by atoms with Gasteiger partial charge in [0.1, 0.15) is 0 Å². The third-order valence-corrected chi connectivity index (χ3v) is 5.60. The van der Waals surface area contributed by atoms with Crippen LogP contribution in [0.15, 0.2) is 17.0 Å². The molecule has 2 rings (SSSR count). The lowest BCUT2D eigenvalue weighted by molar-refractivity contribution is 0.0450. The Labute approximate surface area is 130 Å². The van der Waals surface area contributed by atoms with Crippen molar-refractivity contribution in [1.29, 1.82) is 0 Å². The van der Waals surface area contributed by atoms with Gasteiger partial charge in [-0.25, -0.2) is 17.9 Å². The van der Waals surface area contributed by atoms with Crippen LogP contribution in [0.5, 0.6) is 0 Å². The number of nitrogens with one attached hydrogen (secondary N) is 1. The molecular formula is C15H21NO5S. The van der Waals surface area contributed by atoms with Crippen molar-refractivity contribution in [3.63, 3.8) is 0 Å². The molecule has 22 heavy (non-hydrogen) atoms. The Hall–Kier alpha value is -1.44. The van der Waals surface area contributed by atoms with Crippen LogP contribution in [-0.4, -0.2) is 38.7 Å². The summed E-state index contributed by atoms with van der Waals surface area (Å²) in [5.41, 5.74) is 1.23. The molecule has 122 valence electrons. The molecule has 0 saturated carbocycles. The van der Waals surface area contributed by atoms with Crippen molar-refractivity contribution in [2.24, 2.45) is 5.92 Å². The fraction of sp³-hybridized carbons (Fsp3) is 0.533. The van der Waals surface area contributed by atoms with E-state index in [-0.39, 0.29) is 22.4 Å². The van der Waals surface area contributed by atoms with Gasteiger partial charge in [-0.1, -0.05) is 6.92 Å². The van der Waals surface area contributed by atoms with Gasteiger partial charge in [0.05, 0.1) is 17.1 Å². The lowest BCUT2D eigenvalue weighted by atomic mass is 9.99. The van der Waals surface area contributed by atoms with Crippen molar-refractivity contribution in [1.82, 2.24) is 4.72 Å². The van der Waals surface area contributed by atoms with Crippen LogP contribution in [-0.2, 0) is 14.8 Å². The van der Waals surface area contributed by atoms with Gasteiger partial charge < -0.3 is 9.84 Å². The SMILES string of the molecule is Cc1cc(S(=O)(=O)NC2CCOCC2C)cc(C(=O)O)c1C. The van der Waals surface area contributed by atoms with Crippen molar-refractivity contribution in [3.8, 4) is 0 Å². The van der Waals surface area contributed by atoms with Crippen LogP contribution < -0.4 is 4.72 Å². The van der Waals surface area contributed by atoms with Gasteiger partial charge in [0.2, 0.25) is 10.0 Å². The first-order chi connectivity index (χ1) is 10.2. The highest BCUT2D eigenvalue weighted by Gasteiger charge is 2.28. The molecule has 6 nitrogen and oxygen atoms in total. The quantitative estimate of drug-likeness (QED) is 0.878. The molecule has 2 atom stereocenters. The Morgan fingerprint density at radius 2 is 2.05 bits per heavy atom. The van der Waals surface area contributed by atoms with Gasteiger partial charge in [-0.2, -0.15) is 0 Å². The monoisotopic (exact) mass is 327 g/mol. The predicted octanol–water partition coefficient (Wildman–Crippen LogP) is 1.70. The zero-order valence-electron chi connectivity index (χ0n) is 12.9. The van der Waals surface area contributed by atoms with Gasteiger partial charge in [-0.05, 0) is 49.4 Å². The lowest BCUT2D eigenvalue weighted by Crippen LogP contribution is -2.44. The summed E-state index contributed by atoms with van der Waals surface area (Å²) in [7, 11) is -3.76. The zero-order valence-corrected chi connectivity index (χ0v) is 13.7. The molecule has 7 heteroatoms. The van der Waals surface area contributed by atoms with Crippen LogP contribution in [0.25, 0.3) is 0 Å². The molecule has 1 aromatic rings. The van der Waals surface area contributed by atoms with Crippen LogP contribution in [0.4, 0.5) is 0 Å². The molecule has 1 aliphatic rings. The first kappa shape index (κ1) is 16.9. The maximum absolute atomic E-state index is 12.5. The fourth-order valence-electron chi connectivity index (χ4n) is 2.53. The first-order valence-corrected chi connectivity index (χ1v) is 8.65. The summed E-state index contributed by atoms with van der Waals surface area (Å²) in [5.74, 6) is -1.05. The topological polar surface area (TPSA) is 92.7 Å². The summed E-state index contributed by atoms with van der Waals surface area (Å²) in [6.45, 7) is 6.34. The van der Waals surface area contributed by atoms with Crippen LogP contribution in [0.2, 0.25) is 0 Å². The average molecular weight is 327 g/mol. The summed E-state index contributed by atoms with van der Waals surface area (Å²) >= 11 is 0. The molecule has 0 amide bonds. The number of sulfonamides is 1. The highest BCUT2D eigenvalue weighted by molar-refractivity contribution is 7.89. The summed E-state index contributed by atoms with van der Waals surface area (Å²) in [4.78, 5) is 11.3. The number of carboxylic acids is 1. The number of carbonyl (C=O) groups is 1. The number of aromatic carboxylic acids is 1. The maximum atomic E-state index is 12.5. The molecule has 1 fully saturated rings. The first-order valence-electron chi connectivity index (χ1n) is 7.17. The highest BCUT2D eigenvalue weighted by atomic mass is 32.2. The van der Waals surface area contributed by atoms with Crippen molar-refractivity contribution >= 4 is 16.0 Å². The Bertz CT molecular complexity index is 683. The molecule has 0 bridgehead atoms. The molecular weight excluding hydrogens is 306 g/mol. The number of benzene rings is 1. The van der Waals surface area contributed by atoms with Crippen molar-refractivity contribution < 1.29 is 23.1 Å². The minimum absolute atomic E-state index is 0.00769. The second kappa shape index (κ2) is 6.36. The van der Waals surface area contributed by atoms with Crippen LogP contribution in [0, 0.1) is 19.8 Å². The molecule has 0 aromatic heterocycles. The Balaban J connectivity index is 2.35. The molecule has 1 aromatic carbocycles. The van der Waals surface area contributed by atoms with Gasteiger partial charge >= 0.3 is 5.97 Å². The molecule has 1 saturated heterocycles. The summed E-state index contributed by atoms with van der Waals surface area (Å²) in [6, 6.07) is 2.53. The zero-order chi connectivity index (χ0) is 16.5. The van der Waals surface area contributed by atoms with Gasteiger partial charge in [0.25, 0.3) is 0 Å². The third kappa shape index (κ3) is 3.48. The number of hydrogen-bond acceptors (Lipinski definition) is 4. The molecule has 2 unspecified atom stereocenters. The second-order valence-corrected chi connectivity index (χ2v) is 7.50. The van der Waals surface area contributed by atoms with E-state index in [1.165, 1.54) is 12.1 Å². The smallest absolute Gasteiger partial charge is 0.336 e. The van der Waals surface area contributed by atoms with E-state index in [9.17, 15) is 18.3 Å². The van der Waals surface area contributed by atoms with Gasteiger partial charge in [-0.3, -0.25) is 0 Å². The molecule has 2 N–H and O–H groups in total. The second-order valence-electron chi connectivity index (χ2n) is 5.79. The number of aryl methyl sites for hydroxylation is 1. The van der Waals surface area contributed by atoms with Crippen LogP contribution in [0.3, 0.4) is 0 Å². The number of carboxylic acid groups (broad SMARTS) is 1. The number of hydrogen-bond donors (Lipinski definition) is 2. The third-order valence-electron chi connectivity index (χ3n) is 4.13. The molecule has 0 spiro atoms. The molecule has 0 aliphatic carbocycles. The van der Waals surface area contributed by atoms with Crippen LogP contribution in [0.1, 0.15) is 34.8 Å². The lowest BCUT2D eigenvalue weighted by Gasteiger charge is -2.29. The van der Waals surface area contributed by atoms with E-state index in [1.807, 2.05) is 6.92 Å². The Morgan fingerprint density at radius 3 is 2.64 bits per heavy atom. The van der Waals surface area contributed by atoms with E-state index >= 15 is 0 Å². The molecule has 0 radical (unpaired) electrons. The van der Waals surface area contributed by atoms with Crippen LogP contribution >= 0.6 is 0 Å². The largest absolute Gasteiger partial charge is 0.478 e. The Kier molecular flexibility index (Phi) is 4.89. The van der Waals surface area contributed by atoms with E-state index in [1.54, 1.807) is 13.8 Å². The molecule has 1 aliphatic heterocycles. The summed E-state index contributed by atoms with van der Waals surface area (Å²) < 4.78 is 33.1. The number of ether oxygens (including phenoxy) is 1. The highest BCUT2D eigenvalue weighted by Crippen LogP contribution is 2.22. The normalized spacial score (nSPS) is 22.5. The standard InChI is InChI=1S/C15H21NO5S/c1-9-6-12(7-13(11(9)3)15(17)18)22(19,20)16-14-4-5-21-8-10(14)2/h6-7,10,14,16H,4-5,8H2,1-3H3,(H,17,18). The van der Waals surface area contributed by atoms with Crippen molar-refractivity contribution in [2.75, 3.05) is 13.2 Å². The summed E-state index contributed by atoms with van der Waals surface area (Å²) in [5, 5.41) is 9.21. The fourth-order valence-corrected chi connectivity index (χ4v) is 4.02. The minimum Gasteiger partial charge on any atom is -0.478 e. The van der Waals surface area contributed by atoms with E-state index in [4.69, 9.17) is 4.74 Å². The maximum Gasteiger partial charge on any atom is 0.336 e. The van der Waals surface area contributed by atoms with E-state index < -0.39 is 16.0 Å². The Morgan fingerprint density at radius 1 is 1.36 bits per heavy atom. The van der Waals surface area contributed by atoms with E-state index in [0.717, 1.165) is 0 Å². The van der Waals surface area contributed by atoms with E-state index in [0.29, 0.717) is 30.8 Å². The number of rotatable bonds is 4. The molecule has 1 heterocycles.